The van der Waals surface area contributed by atoms with Crippen molar-refractivity contribution in [3.8, 4) is 0 Å². The van der Waals surface area contributed by atoms with Crippen molar-refractivity contribution >= 4 is 23.8 Å². The molecule has 0 radical (unpaired) electrons. The molecule has 0 aromatic heterocycles. The van der Waals surface area contributed by atoms with Gasteiger partial charge in [0.15, 0.2) is 0 Å². The van der Waals surface area contributed by atoms with E-state index in [2.05, 4.69) is 14.1 Å². The summed E-state index contributed by atoms with van der Waals surface area (Å²) in [4.78, 5) is 29.7. The van der Waals surface area contributed by atoms with E-state index < -0.39 is 11.9 Å². The minimum atomic E-state index is -0.718. The van der Waals surface area contributed by atoms with Crippen molar-refractivity contribution in [3.63, 3.8) is 0 Å². The van der Waals surface area contributed by atoms with Crippen molar-refractivity contribution in [2.24, 2.45) is 0 Å². The predicted molar refractivity (Wildman–Crippen MR) is 41.5 cm³/mol. The van der Waals surface area contributed by atoms with Gasteiger partial charge >= 0.3 is 11.9 Å². The highest BCUT2D eigenvalue weighted by molar-refractivity contribution is 6.07. The van der Waals surface area contributed by atoms with Gasteiger partial charge < -0.3 is 9.68 Å². The quantitative estimate of drug-likeness (QED) is 0.635. The molecule has 0 saturated heterocycles. The lowest BCUT2D eigenvalue weighted by Crippen LogP contribution is -2.27. The van der Waals surface area contributed by atoms with Crippen LogP contribution in [0.3, 0.4) is 0 Å². The summed E-state index contributed by atoms with van der Waals surface area (Å²) in [6, 6.07) is 0. The molecule has 0 bridgehead atoms. The van der Waals surface area contributed by atoms with Gasteiger partial charge in [-0.2, -0.15) is 0 Å². The first-order chi connectivity index (χ1) is 6.10. The van der Waals surface area contributed by atoms with Crippen molar-refractivity contribution in [2.45, 2.75) is 26.7 Å². The number of hydrogen-bond donors (Lipinski definition) is 0. The predicted octanol–water partition coefficient (Wildman–Crippen LogP) is 1.11. The van der Waals surface area contributed by atoms with Crippen LogP contribution < -0.4 is 0 Å². The summed E-state index contributed by atoms with van der Waals surface area (Å²) in [5.41, 5.74) is 0. The van der Waals surface area contributed by atoms with Crippen LogP contribution in [0.1, 0.15) is 26.7 Å². The average Bonchev–Trinajstić information content (AvgIpc) is 2.02. The molecular formula is C6H10ClNO5. The normalized spacial score (nSPS) is 9.85. The van der Waals surface area contributed by atoms with E-state index in [1.165, 1.54) is 0 Å². The summed E-state index contributed by atoms with van der Waals surface area (Å²) in [5.74, 6) is -1.32. The monoisotopic (exact) mass is 211 g/mol. The number of nitrogens with zero attached hydrogens (tertiary/aromatic N) is 1. The van der Waals surface area contributed by atoms with Crippen LogP contribution in [0.2, 0.25) is 0 Å². The summed E-state index contributed by atoms with van der Waals surface area (Å²) in [5, 5.41) is 0.141. The molecule has 6 nitrogen and oxygen atoms in total. The second kappa shape index (κ2) is 6.64. The van der Waals surface area contributed by atoms with Crippen LogP contribution >= 0.6 is 11.9 Å². The van der Waals surface area contributed by atoms with Gasteiger partial charge in [0.2, 0.25) is 5.39 Å². The van der Waals surface area contributed by atoms with Crippen molar-refractivity contribution in [3.05, 3.63) is 0 Å². The van der Waals surface area contributed by atoms with Gasteiger partial charge in [-0.3, -0.25) is 9.59 Å². The molecule has 76 valence electrons. The first-order valence-corrected chi connectivity index (χ1v) is 3.89. The molecule has 0 N–H and O–H groups in total. The van der Waals surface area contributed by atoms with Gasteiger partial charge in [-0.1, -0.05) is 6.92 Å². The van der Waals surface area contributed by atoms with E-state index in [-0.39, 0.29) is 11.8 Å². The Morgan fingerprint density at radius 2 is 2.00 bits per heavy atom. The van der Waals surface area contributed by atoms with Gasteiger partial charge in [-0.05, 0) is 6.42 Å². The van der Waals surface area contributed by atoms with Crippen LogP contribution in [0.25, 0.3) is 0 Å². The lowest BCUT2D eigenvalue weighted by molar-refractivity contribution is -0.447. The van der Waals surface area contributed by atoms with Crippen LogP contribution in [0.5, 0.6) is 0 Å². The maximum atomic E-state index is 10.8. The summed E-state index contributed by atoms with van der Waals surface area (Å²) < 4.78 is 3.90. The molecule has 0 unspecified atom stereocenters. The van der Waals surface area contributed by atoms with Gasteiger partial charge in [0, 0.05) is 13.3 Å². The molecule has 0 rings (SSSR count). The Morgan fingerprint density at radius 1 is 1.38 bits per heavy atom. The summed E-state index contributed by atoms with van der Waals surface area (Å²) in [6.07, 6.45) is 0.785. The van der Waals surface area contributed by atoms with Crippen LogP contribution in [0.4, 0.5) is 0 Å². The fourth-order valence-electron chi connectivity index (χ4n) is 0.485. The number of carbonyl (C=O) groups is 2. The van der Waals surface area contributed by atoms with E-state index in [1.807, 2.05) is 0 Å². The molecule has 0 fully saturated rings. The molecular weight excluding hydrogens is 202 g/mol. The van der Waals surface area contributed by atoms with Gasteiger partial charge in [0.1, 0.15) is 0 Å². The van der Waals surface area contributed by atoms with E-state index in [0.29, 0.717) is 6.42 Å². The Kier molecular flexibility index (Phi) is 6.21. The number of carbonyl (C=O) groups excluding carboxylic acids is 2. The van der Waals surface area contributed by atoms with Crippen LogP contribution in [-0.2, 0) is 23.7 Å². The molecule has 0 spiro atoms. The third-order valence-electron chi connectivity index (χ3n) is 0.890. The minimum Gasteiger partial charge on any atom is -0.309 e. The molecule has 0 atom stereocenters. The third kappa shape index (κ3) is 6.32. The zero-order chi connectivity index (χ0) is 10.3. The standard InChI is InChI=1S/C6H10ClNO5/c1-3-4-6(10)12-8(13-7)11-5(2)9/h3-4H2,1-2H3. The molecule has 0 amide bonds. The van der Waals surface area contributed by atoms with Crippen LogP contribution in [-0.4, -0.2) is 17.3 Å². The largest absolute Gasteiger partial charge is 0.331 e. The van der Waals surface area contributed by atoms with Crippen molar-refractivity contribution in [1.29, 1.82) is 0 Å². The molecule has 0 aliphatic carbocycles. The molecule has 0 aromatic carbocycles. The number of hydrogen-bond acceptors (Lipinski definition) is 6. The van der Waals surface area contributed by atoms with Crippen molar-refractivity contribution in [2.75, 3.05) is 0 Å². The molecule has 0 aliphatic heterocycles. The Balaban J connectivity index is 3.83. The minimum absolute atomic E-state index is 0.141. The molecule has 7 heteroatoms. The lowest BCUT2D eigenvalue weighted by atomic mass is 10.3. The van der Waals surface area contributed by atoms with E-state index in [4.69, 9.17) is 11.9 Å². The Bertz CT molecular complexity index is 186. The maximum absolute atomic E-state index is 10.8. The molecule has 0 aromatic rings. The highest BCUT2D eigenvalue weighted by Crippen LogP contribution is 2.01. The zero-order valence-corrected chi connectivity index (χ0v) is 8.04. The fraction of sp³-hybridized carbons (Fsp3) is 0.667. The van der Waals surface area contributed by atoms with E-state index in [0.717, 1.165) is 6.92 Å². The lowest BCUT2D eigenvalue weighted by Gasteiger charge is -2.12. The number of rotatable bonds is 5. The smallest absolute Gasteiger partial charge is 0.309 e. The van der Waals surface area contributed by atoms with Gasteiger partial charge in [0.25, 0.3) is 0 Å². The second-order valence-corrected chi connectivity index (χ2v) is 2.23. The fourth-order valence-corrected chi connectivity index (χ4v) is 0.541. The molecule has 0 heterocycles. The molecule has 0 aliphatic rings. The highest BCUT2D eigenvalue weighted by Gasteiger charge is 2.15. The van der Waals surface area contributed by atoms with Crippen LogP contribution in [0, 0.1) is 0 Å². The van der Waals surface area contributed by atoms with Crippen molar-refractivity contribution in [1.82, 2.24) is 5.39 Å². The molecule has 0 saturated carbocycles. The van der Waals surface area contributed by atoms with Crippen molar-refractivity contribution < 1.29 is 23.7 Å². The molecule has 13 heavy (non-hydrogen) atoms. The van der Waals surface area contributed by atoms with Gasteiger partial charge in [-0.15, -0.1) is 4.39 Å². The number of halogens is 1. The van der Waals surface area contributed by atoms with Gasteiger partial charge in [0.05, 0.1) is 11.9 Å². The van der Waals surface area contributed by atoms with E-state index in [9.17, 15) is 9.59 Å². The average molecular weight is 212 g/mol. The van der Waals surface area contributed by atoms with E-state index >= 15 is 0 Å². The van der Waals surface area contributed by atoms with Crippen LogP contribution in [0.15, 0.2) is 0 Å². The first kappa shape index (κ1) is 12.2. The SMILES string of the molecule is CCCC(=O)ON(OCl)OC(C)=O. The summed E-state index contributed by atoms with van der Waals surface area (Å²) in [6.45, 7) is 2.90. The first-order valence-electron chi connectivity index (χ1n) is 3.58. The highest BCUT2D eigenvalue weighted by atomic mass is 35.5. The summed E-state index contributed by atoms with van der Waals surface area (Å²) in [7, 11) is 0. The second-order valence-electron chi connectivity index (χ2n) is 2.09. The zero-order valence-electron chi connectivity index (χ0n) is 7.28. The summed E-state index contributed by atoms with van der Waals surface area (Å²) >= 11 is 4.83. The topological polar surface area (TPSA) is 65.1 Å². The third-order valence-corrected chi connectivity index (χ3v) is 1.00. The maximum Gasteiger partial charge on any atom is 0.331 e. The Morgan fingerprint density at radius 3 is 2.38 bits per heavy atom. The Hall–Kier alpha value is -0.850. The van der Waals surface area contributed by atoms with E-state index in [1.54, 1.807) is 6.92 Å². The van der Waals surface area contributed by atoms with Gasteiger partial charge in [-0.25, -0.2) is 0 Å². The Labute approximate surface area is 80.3 Å².